The smallest absolute Gasteiger partial charge is 0.407 e. The Morgan fingerprint density at radius 1 is 0.868 bits per heavy atom. The number of hydrogen-bond donors (Lipinski definition) is 3. The maximum Gasteiger partial charge on any atom is 0.407 e. The van der Waals surface area contributed by atoms with Crippen LogP contribution in [0.2, 0.25) is 0 Å². The fourth-order valence-corrected chi connectivity index (χ4v) is 4.74. The number of ketones is 1. The van der Waals surface area contributed by atoms with Gasteiger partial charge in [-0.15, -0.1) is 0 Å². The monoisotopic (exact) mass is 523 g/mol. The van der Waals surface area contributed by atoms with Gasteiger partial charge in [-0.3, -0.25) is 9.59 Å². The third-order valence-corrected chi connectivity index (χ3v) is 6.78. The van der Waals surface area contributed by atoms with Gasteiger partial charge in [-0.05, 0) is 68.5 Å². The minimum Gasteiger partial charge on any atom is -0.467 e. The van der Waals surface area contributed by atoms with Crippen molar-refractivity contribution in [3.8, 4) is 11.1 Å². The van der Waals surface area contributed by atoms with Gasteiger partial charge in [0.05, 0.1) is 13.2 Å². The number of methoxy groups -OCH3 is 1. The predicted molar refractivity (Wildman–Crippen MR) is 144 cm³/mol. The summed E-state index contributed by atoms with van der Waals surface area (Å²) in [6, 6.07) is 14.4. The number of unbranched alkanes of at least 4 members (excludes halogenated alkanes) is 1. The van der Waals surface area contributed by atoms with Crippen LogP contribution in [0.5, 0.6) is 0 Å². The lowest BCUT2D eigenvalue weighted by Gasteiger charge is -2.19. The summed E-state index contributed by atoms with van der Waals surface area (Å²) in [4.78, 5) is 49.4. The first kappa shape index (κ1) is 28.8. The van der Waals surface area contributed by atoms with E-state index < -0.39 is 30.1 Å². The number of esters is 1. The number of carbonyl (C=O) groups excluding carboxylic acids is 4. The number of amides is 2. The van der Waals surface area contributed by atoms with E-state index in [9.17, 15) is 19.2 Å². The van der Waals surface area contributed by atoms with Crippen LogP contribution < -0.4 is 16.0 Å². The van der Waals surface area contributed by atoms with E-state index in [4.69, 9.17) is 9.47 Å². The van der Waals surface area contributed by atoms with Crippen LogP contribution in [0.4, 0.5) is 4.79 Å². The number of benzene rings is 2. The molecule has 0 saturated carbocycles. The van der Waals surface area contributed by atoms with E-state index in [0.717, 1.165) is 41.6 Å². The van der Waals surface area contributed by atoms with Gasteiger partial charge in [0, 0.05) is 12.3 Å². The van der Waals surface area contributed by atoms with Gasteiger partial charge in [0.15, 0.2) is 5.78 Å². The van der Waals surface area contributed by atoms with E-state index in [2.05, 4.69) is 28.1 Å². The first-order chi connectivity index (χ1) is 18.3. The predicted octanol–water partition coefficient (Wildman–Crippen LogP) is 3.31. The normalized spacial score (nSPS) is 13.6. The van der Waals surface area contributed by atoms with Crippen LogP contribution >= 0.6 is 0 Å². The molecule has 1 aliphatic carbocycles. The minimum atomic E-state index is -0.886. The average Bonchev–Trinajstić information content (AvgIpc) is 3.24. The van der Waals surface area contributed by atoms with Crippen molar-refractivity contribution in [3.05, 3.63) is 59.7 Å². The number of hydrogen-bond acceptors (Lipinski definition) is 7. The maximum atomic E-state index is 12.6. The van der Waals surface area contributed by atoms with Crippen LogP contribution in [-0.2, 0) is 23.9 Å². The van der Waals surface area contributed by atoms with Gasteiger partial charge < -0.3 is 25.4 Å². The zero-order chi connectivity index (χ0) is 27.5. The molecule has 2 amide bonds. The van der Waals surface area contributed by atoms with Crippen LogP contribution in [0.15, 0.2) is 48.5 Å². The van der Waals surface area contributed by atoms with Crippen molar-refractivity contribution in [1.82, 2.24) is 16.0 Å². The van der Waals surface area contributed by atoms with Gasteiger partial charge in [0.2, 0.25) is 5.91 Å². The van der Waals surface area contributed by atoms with Gasteiger partial charge in [-0.1, -0.05) is 48.5 Å². The SMILES string of the molecule is CNCCCCC(NC(=O)CCC(NC(=O)OCC1c2ccccc2-c2ccccc21)C(C)=O)C(=O)OC. The quantitative estimate of drug-likeness (QED) is 0.256. The van der Waals surface area contributed by atoms with Crippen LogP contribution in [0.1, 0.15) is 56.1 Å². The van der Waals surface area contributed by atoms with E-state index in [-0.39, 0.29) is 31.1 Å². The van der Waals surface area contributed by atoms with E-state index in [1.165, 1.54) is 14.0 Å². The molecular formula is C29H37N3O6. The fourth-order valence-electron chi connectivity index (χ4n) is 4.74. The number of fused-ring (bicyclic) bond motifs is 3. The maximum absolute atomic E-state index is 12.6. The average molecular weight is 524 g/mol. The lowest BCUT2D eigenvalue weighted by molar-refractivity contribution is -0.145. The molecule has 0 aromatic heterocycles. The molecule has 38 heavy (non-hydrogen) atoms. The van der Waals surface area contributed by atoms with Crippen molar-refractivity contribution in [2.45, 2.75) is 57.0 Å². The van der Waals surface area contributed by atoms with Crippen molar-refractivity contribution in [3.63, 3.8) is 0 Å². The summed E-state index contributed by atoms with van der Waals surface area (Å²) in [6.07, 6.45) is 1.37. The summed E-state index contributed by atoms with van der Waals surface area (Å²) >= 11 is 0. The summed E-state index contributed by atoms with van der Waals surface area (Å²) < 4.78 is 10.3. The van der Waals surface area contributed by atoms with Crippen LogP contribution in [-0.4, -0.2) is 63.1 Å². The molecule has 0 radical (unpaired) electrons. The molecule has 0 heterocycles. The van der Waals surface area contributed by atoms with Crippen molar-refractivity contribution in [2.24, 2.45) is 0 Å². The van der Waals surface area contributed by atoms with Crippen LogP contribution in [0, 0.1) is 0 Å². The number of Topliss-reactive ketones (excluding diaryl/α,β-unsaturated/α-hetero) is 1. The second kappa shape index (κ2) is 14.3. The number of rotatable bonds is 14. The topological polar surface area (TPSA) is 123 Å². The molecular weight excluding hydrogens is 486 g/mol. The molecule has 0 bridgehead atoms. The van der Waals surface area contributed by atoms with Crippen LogP contribution in [0.25, 0.3) is 11.1 Å². The van der Waals surface area contributed by atoms with Crippen molar-refractivity contribution in [2.75, 3.05) is 27.3 Å². The third-order valence-electron chi connectivity index (χ3n) is 6.78. The molecule has 0 aliphatic heterocycles. The highest BCUT2D eigenvalue weighted by molar-refractivity contribution is 5.87. The second-order valence-electron chi connectivity index (χ2n) is 9.41. The first-order valence-electron chi connectivity index (χ1n) is 13.0. The molecule has 0 fully saturated rings. The molecule has 0 saturated heterocycles. The van der Waals surface area contributed by atoms with Crippen molar-refractivity contribution >= 4 is 23.8 Å². The van der Waals surface area contributed by atoms with E-state index in [0.29, 0.717) is 6.42 Å². The molecule has 3 rings (SSSR count). The number of nitrogens with one attached hydrogen (secondary N) is 3. The Bertz CT molecular complexity index is 1090. The number of alkyl carbamates (subject to hydrolysis) is 1. The molecule has 9 nitrogen and oxygen atoms in total. The zero-order valence-corrected chi connectivity index (χ0v) is 22.3. The van der Waals surface area contributed by atoms with Gasteiger partial charge in [-0.25, -0.2) is 9.59 Å². The molecule has 2 aromatic rings. The molecule has 1 aliphatic rings. The van der Waals surface area contributed by atoms with Gasteiger partial charge >= 0.3 is 12.1 Å². The Morgan fingerprint density at radius 3 is 2.08 bits per heavy atom. The van der Waals surface area contributed by atoms with E-state index in [1.807, 2.05) is 43.4 Å². The molecule has 2 unspecified atom stereocenters. The summed E-state index contributed by atoms with van der Waals surface area (Å²) in [5, 5.41) is 8.31. The third kappa shape index (κ3) is 7.64. The van der Waals surface area contributed by atoms with Gasteiger partial charge in [0.25, 0.3) is 0 Å². The van der Waals surface area contributed by atoms with Crippen molar-refractivity contribution < 1.29 is 28.7 Å². The number of ether oxygens (including phenoxy) is 2. The summed E-state index contributed by atoms with van der Waals surface area (Å²) in [6.45, 7) is 2.29. The van der Waals surface area contributed by atoms with Gasteiger partial charge in [-0.2, -0.15) is 0 Å². The largest absolute Gasteiger partial charge is 0.467 e. The molecule has 2 atom stereocenters. The summed E-state index contributed by atoms with van der Waals surface area (Å²) in [7, 11) is 3.13. The molecule has 2 aromatic carbocycles. The first-order valence-corrected chi connectivity index (χ1v) is 13.0. The second-order valence-corrected chi connectivity index (χ2v) is 9.41. The molecule has 3 N–H and O–H groups in total. The van der Waals surface area contributed by atoms with Crippen molar-refractivity contribution in [1.29, 1.82) is 0 Å². The molecule has 204 valence electrons. The standard InChI is InChI=1S/C29H37N3O6/c1-19(33)25(15-16-27(34)31-26(28(35)37-3)14-8-9-17-30-2)32-29(36)38-18-24-22-12-6-4-10-20(22)21-11-5-7-13-23(21)24/h4-7,10-13,24-26,30H,8-9,14-18H2,1-3H3,(H,31,34)(H,32,36). The molecule has 9 heteroatoms. The minimum absolute atomic E-state index is 0.0437. The van der Waals surface area contributed by atoms with Crippen LogP contribution in [0.3, 0.4) is 0 Å². The fraction of sp³-hybridized carbons (Fsp3) is 0.448. The lowest BCUT2D eigenvalue weighted by atomic mass is 9.98. The molecule has 0 spiro atoms. The summed E-state index contributed by atoms with van der Waals surface area (Å²) in [5.74, 6) is -1.29. The highest BCUT2D eigenvalue weighted by Gasteiger charge is 2.29. The lowest BCUT2D eigenvalue weighted by Crippen LogP contribution is -2.44. The highest BCUT2D eigenvalue weighted by Crippen LogP contribution is 2.44. The Labute approximate surface area is 223 Å². The van der Waals surface area contributed by atoms with Gasteiger partial charge in [0.1, 0.15) is 12.6 Å². The van der Waals surface area contributed by atoms with E-state index in [1.54, 1.807) is 0 Å². The van der Waals surface area contributed by atoms with E-state index >= 15 is 0 Å². The Hall–Kier alpha value is -3.72. The Morgan fingerprint density at radius 2 is 1.50 bits per heavy atom. The number of carbonyl (C=O) groups is 4. The summed E-state index contributed by atoms with van der Waals surface area (Å²) in [5.41, 5.74) is 4.42. The zero-order valence-electron chi connectivity index (χ0n) is 22.3. The Balaban J connectivity index is 1.51. The Kier molecular flexibility index (Phi) is 10.8. The highest BCUT2D eigenvalue weighted by atomic mass is 16.5.